The molecule has 1 aliphatic heterocycles. The summed E-state index contributed by atoms with van der Waals surface area (Å²) in [5, 5.41) is 16.3. The second kappa shape index (κ2) is 10.8. The highest BCUT2D eigenvalue weighted by Crippen LogP contribution is 2.26. The van der Waals surface area contributed by atoms with E-state index in [0.717, 1.165) is 58.6 Å². The molecule has 38 heavy (non-hydrogen) atoms. The zero-order chi connectivity index (χ0) is 25.9. The lowest BCUT2D eigenvalue weighted by molar-refractivity contribution is 0.389. The number of aromatic nitrogens is 5. The molecular weight excluding hydrogens is 472 g/mol. The molecule has 0 amide bonds. The molecule has 3 aromatic heterocycles. The second-order valence-corrected chi connectivity index (χ2v) is 10.3. The first-order chi connectivity index (χ1) is 18.7. The third kappa shape index (κ3) is 5.04. The van der Waals surface area contributed by atoms with E-state index in [1.54, 1.807) is 0 Å². The maximum Gasteiger partial charge on any atom is 0.229 e. The van der Waals surface area contributed by atoms with Crippen molar-refractivity contribution in [2.75, 3.05) is 30.3 Å². The number of hydrogen-bond donors (Lipinski definition) is 3. The lowest BCUT2D eigenvalue weighted by Gasteiger charge is -2.22. The van der Waals surface area contributed by atoms with E-state index in [2.05, 4.69) is 83.4 Å². The number of nitrogens with one attached hydrogen (secondary N) is 3. The van der Waals surface area contributed by atoms with Crippen molar-refractivity contribution in [1.29, 1.82) is 0 Å². The lowest BCUT2D eigenvalue weighted by atomic mass is 9.98. The fourth-order valence-corrected chi connectivity index (χ4v) is 5.13. The molecule has 1 aliphatic rings. The molecule has 0 spiro atoms. The quantitative estimate of drug-likeness (QED) is 0.256. The van der Waals surface area contributed by atoms with E-state index in [1.165, 1.54) is 12.8 Å². The Morgan fingerprint density at radius 3 is 2.61 bits per heavy atom. The zero-order valence-electron chi connectivity index (χ0n) is 22.0. The van der Waals surface area contributed by atoms with Gasteiger partial charge in [-0.2, -0.15) is 19.6 Å². The highest BCUT2D eigenvalue weighted by Gasteiger charge is 2.18. The van der Waals surface area contributed by atoms with Crippen molar-refractivity contribution in [1.82, 2.24) is 29.9 Å². The minimum Gasteiger partial charge on any atom is -0.354 e. The summed E-state index contributed by atoms with van der Waals surface area (Å²) in [6.45, 7) is 7.94. The van der Waals surface area contributed by atoms with Gasteiger partial charge in [-0.1, -0.05) is 62.4 Å². The van der Waals surface area contributed by atoms with Crippen LogP contribution in [0.25, 0.3) is 27.8 Å². The molecule has 6 rings (SSSR count). The average Bonchev–Trinajstić information content (AvgIpc) is 3.40. The minimum atomic E-state index is 0.312. The second-order valence-electron chi connectivity index (χ2n) is 10.3. The molecule has 0 saturated carbocycles. The molecule has 3 N–H and O–H groups in total. The number of piperidine rings is 1. The van der Waals surface area contributed by atoms with Crippen LogP contribution >= 0.6 is 0 Å². The normalized spacial score (nSPS) is 14.4. The number of anilines is 2. The van der Waals surface area contributed by atoms with Crippen LogP contribution in [0.4, 0.5) is 11.9 Å². The molecule has 8 heteroatoms. The summed E-state index contributed by atoms with van der Waals surface area (Å²) in [6.07, 6.45) is 4.25. The molecule has 0 radical (unpaired) electrons. The maximum absolute atomic E-state index is 4.93. The van der Waals surface area contributed by atoms with Gasteiger partial charge in [0.2, 0.25) is 11.9 Å². The number of para-hydroxylation sites is 1. The summed E-state index contributed by atoms with van der Waals surface area (Å²) in [4.78, 5) is 14.6. The first-order valence-electron chi connectivity index (χ1n) is 13.5. The van der Waals surface area contributed by atoms with Gasteiger partial charge in [0.1, 0.15) is 0 Å². The summed E-state index contributed by atoms with van der Waals surface area (Å²) in [5.41, 5.74) is 6.15. The third-order valence-corrected chi connectivity index (χ3v) is 7.35. The number of benzene rings is 2. The fraction of sp³-hybridized carbons (Fsp3) is 0.333. The van der Waals surface area contributed by atoms with Gasteiger partial charge in [0.05, 0.1) is 17.4 Å². The van der Waals surface area contributed by atoms with E-state index in [0.29, 0.717) is 30.3 Å². The number of rotatable bonds is 8. The van der Waals surface area contributed by atoms with E-state index in [-0.39, 0.29) is 0 Å². The number of nitrogens with zero attached hydrogens (tertiary/aromatic N) is 5. The summed E-state index contributed by atoms with van der Waals surface area (Å²) in [6, 6.07) is 20.8. The summed E-state index contributed by atoms with van der Waals surface area (Å²) < 4.78 is 1.82. The van der Waals surface area contributed by atoms with E-state index in [9.17, 15) is 0 Å². The van der Waals surface area contributed by atoms with Crippen LogP contribution < -0.4 is 16.0 Å². The van der Waals surface area contributed by atoms with Crippen LogP contribution in [0.3, 0.4) is 0 Å². The van der Waals surface area contributed by atoms with Crippen LogP contribution in [-0.2, 0) is 6.54 Å². The Morgan fingerprint density at radius 1 is 0.921 bits per heavy atom. The van der Waals surface area contributed by atoms with Gasteiger partial charge in [0.25, 0.3) is 0 Å². The number of pyridine rings is 1. The molecule has 194 valence electrons. The van der Waals surface area contributed by atoms with E-state index < -0.39 is 0 Å². The molecule has 0 bridgehead atoms. The van der Waals surface area contributed by atoms with E-state index in [4.69, 9.17) is 15.0 Å². The Labute approximate surface area is 222 Å². The molecule has 2 aromatic carbocycles. The van der Waals surface area contributed by atoms with Gasteiger partial charge < -0.3 is 16.0 Å². The van der Waals surface area contributed by atoms with E-state index >= 15 is 0 Å². The molecule has 1 saturated heterocycles. The zero-order valence-corrected chi connectivity index (χ0v) is 22.0. The Hall–Kier alpha value is -4.04. The average molecular weight is 507 g/mol. The predicted molar refractivity (Wildman–Crippen MR) is 153 cm³/mol. The van der Waals surface area contributed by atoms with Gasteiger partial charge in [-0.15, -0.1) is 0 Å². The van der Waals surface area contributed by atoms with Gasteiger partial charge in [-0.25, -0.2) is 4.98 Å². The molecule has 1 fully saturated rings. The summed E-state index contributed by atoms with van der Waals surface area (Å²) >= 11 is 0. The Balaban J connectivity index is 1.29. The highest BCUT2D eigenvalue weighted by molar-refractivity contribution is 5.82. The molecular formula is C30H34N8. The lowest BCUT2D eigenvalue weighted by Crippen LogP contribution is -2.31. The Kier molecular flexibility index (Phi) is 6.88. The van der Waals surface area contributed by atoms with Crippen molar-refractivity contribution in [2.45, 2.75) is 39.2 Å². The Morgan fingerprint density at radius 2 is 1.74 bits per heavy atom. The van der Waals surface area contributed by atoms with Crippen molar-refractivity contribution < 1.29 is 0 Å². The SMILES string of the molecule is CC(C)c1cnn2c(NCc3ccccc3-c3ccc4ccccc4n3)nc(NCC3CCNCC3)nc12. The van der Waals surface area contributed by atoms with Gasteiger partial charge >= 0.3 is 0 Å². The summed E-state index contributed by atoms with van der Waals surface area (Å²) in [5.74, 6) is 2.26. The van der Waals surface area contributed by atoms with Crippen molar-refractivity contribution in [3.05, 3.63) is 78.0 Å². The minimum absolute atomic E-state index is 0.312. The molecule has 5 aromatic rings. The summed E-state index contributed by atoms with van der Waals surface area (Å²) in [7, 11) is 0. The standard InChI is InChI=1S/C30H34N8/c1-20(2)25-19-34-38-28(25)36-29(32-17-21-13-15-31-16-14-21)37-30(38)33-18-23-8-3-5-9-24(23)27-12-11-22-7-4-6-10-26(22)35-27/h3-12,19-21,31H,13-18H2,1-2H3,(H2,32,33,36,37). The van der Waals surface area contributed by atoms with Crippen LogP contribution in [-0.4, -0.2) is 44.2 Å². The van der Waals surface area contributed by atoms with Crippen LogP contribution in [0, 0.1) is 5.92 Å². The third-order valence-electron chi connectivity index (χ3n) is 7.35. The molecule has 0 unspecified atom stereocenters. The van der Waals surface area contributed by atoms with Crippen molar-refractivity contribution >= 4 is 28.4 Å². The van der Waals surface area contributed by atoms with Crippen molar-refractivity contribution in [2.24, 2.45) is 5.92 Å². The fourth-order valence-electron chi connectivity index (χ4n) is 5.13. The van der Waals surface area contributed by atoms with Crippen LogP contribution in [0.5, 0.6) is 0 Å². The van der Waals surface area contributed by atoms with Crippen LogP contribution in [0.2, 0.25) is 0 Å². The van der Waals surface area contributed by atoms with Crippen LogP contribution in [0.15, 0.2) is 66.9 Å². The van der Waals surface area contributed by atoms with Gasteiger partial charge in [0, 0.05) is 29.6 Å². The number of hydrogen-bond acceptors (Lipinski definition) is 7. The van der Waals surface area contributed by atoms with Gasteiger partial charge in [-0.3, -0.25) is 0 Å². The van der Waals surface area contributed by atoms with Crippen molar-refractivity contribution in [3.8, 4) is 11.3 Å². The predicted octanol–water partition coefficient (Wildman–Crippen LogP) is 5.49. The molecule has 0 atom stereocenters. The van der Waals surface area contributed by atoms with Crippen molar-refractivity contribution in [3.63, 3.8) is 0 Å². The smallest absolute Gasteiger partial charge is 0.229 e. The molecule has 8 nitrogen and oxygen atoms in total. The Bertz CT molecular complexity index is 1550. The largest absolute Gasteiger partial charge is 0.354 e. The first-order valence-corrected chi connectivity index (χ1v) is 13.5. The number of fused-ring (bicyclic) bond motifs is 2. The maximum atomic E-state index is 4.93. The monoisotopic (exact) mass is 506 g/mol. The van der Waals surface area contributed by atoms with Gasteiger partial charge in [0.15, 0.2) is 5.65 Å². The highest BCUT2D eigenvalue weighted by atomic mass is 15.4. The molecule has 4 heterocycles. The van der Waals surface area contributed by atoms with Crippen LogP contribution in [0.1, 0.15) is 43.7 Å². The first kappa shape index (κ1) is 24.3. The van der Waals surface area contributed by atoms with E-state index in [1.807, 2.05) is 22.8 Å². The van der Waals surface area contributed by atoms with Gasteiger partial charge in [-0.05, 0) is 55.5 Å². The molecule has 0 aliphatic carbocycles. The topological polar surface area (TPSA) is 92.1 Å².